The van der Waals surface area contributed by atoms with Gasteiger partial charge in [0.1, 0.15) is 0 Å². The Morgan fingerprint density at radius 3 is 2.50 bits per heavy atom. The summed E-state index contributed by atoms with van der Waals surface area (Å²) in [6, 6.07) is 0. The molecule has 0 spiro atoms. The fourth-order valence-electron chi connectivity index (χ4n) is 3.60. The Balaban J connectivity index is 1.63. The summed E-state index contributed by atoms with van der Waals surface area (Å²) in [5.41, 5.74) is 3.64. The average Bonchev–Trinajstić information content (AvgIpc) is 3.15. The molecule has 0 N–H and O–H groups in total. The topological polar surface area (TPSA) is 58.4 Å². The first-order chi connectivity index (χ1) is 9.66. The van der Waals surface area contributed by atoms with Crippen molar-refractivity contribution in [2.24, 2.45) is 0 Å². The number of aromatic nitrogens is 2. The summed E-state index contributed by atoms with van der Waals surface area (Å²) in [5.74, 6) is 0. The van der Waals surface area contributed by atoms with Gasteiger partial charge in [-0.15, -0.1) is 0 Å². The highest BCUT2D eigenvalue weighted by molar-refractivity contribution is 7.86. The summed E-state index contributed by atoms with van der Waals surface area (Å²) in [6.07, 6.45) is 5.24. The first kappa shape index (κ1) is 12.8. The van der Waals surface area contributed by atoms with E-state index in [1.165, 1.54) is 11.3 Å². The third-order valence-corrected chi connectivity index (χ3v) is 6.68. The molecule has 6 nitrogen and oxygen atoms in total. The number of nitrogens with zero attached hydrogens (tertiary/aromatic N) is 4. The second-order valence-corrected chi connectivity index (χ2v) is 7.82. The van der Waals surface area contributed by atoms with Gasteiger partial charge in [-0.05, 0) is 37.7 Å². The van der Waals surface area contributed by atoms with Crippen molar-refractivity contribution in [1.82, 2.24) is 18.4 Å². The molecule has 1 saturated heterocycles. The summed E-state index contributed by atoms with van der Waals surface area (Å²) < 4.78 is 30.6. The summed E-state index contributed by atoms with van der Waals surface area (Å²) in [5, 5.41) is 4.63. The fraction of sp³-hybridized carbons (Fsp3) is 0.769. The van der Waals surface area contributed by atoms with E-state index in [9.17, 15) is 8.42 Å². The monoisotopic (exact) mass is 296 g/mol. The Morgan fingerprint density at radius 1 is 0.900 bits per heavy atom. The number of rotatable bonds is 2. The zero-order valence-electron chi connectivity index (χ0n) is 11.6. The van der Waals surface area contributed by atoms with Crippen molar-refractivity contribution in [1.29, 1.82) is 0 Å². The maximum atomic E-state index is 12.6. The van der Waals surface area contributed by atoms with Crippen LogP contribution >= 0.6 is 0 Å². The van der Waals surface area contributed by atoms with Crippen LogP contribution in [-0.2, 0) is 36.1 Å². The van der Waals surface area contributed by atoms with E-state index in [1.807, 2.05) is 4.68 Å². The van der Waals surface area contributed by atoms with Gasteiger partial charge in [0.2, 0.25) is 0 Å². The lowest BCUT2D eigenvalue weighted by molar-refractivity contribution is 0.299. The van der Waals surface area contributed by atoms with Crippen LogP contribution in [0, 0.1) is 0 Å². The lowest BCUT2D eigenvalue weighted by Crippen LogP contribution is -2.46. The predicted octanol–water partition coefficient (Wildman–Crippen LogP) is 0.528. The average molecular weight is 296 g/mol. The van der Waals surface area contributed by atoms with E-state index < -0.39 is 10.2 Å². The maximum Gasteiger partial charge on any atom is 0.282 e. The Morgan fingerprint density at radius 2 is 1.70 bits per heavy atom. The molecule has 0 radical (unpaired) electrons. The van der Waals surface area contributed by atoms with Crippen molar-refractivity contribution >= 4 is 10.2 Å². The third-order valence-electron chi connectivity index (χ3n) is 4.69. The molecule has 0 aromatic carbocycles. The van der Waals surface area contributed by atoms with Gasteiger partial charge in [-0.1, -0.05) is 0 Å². The first-order valence-corrected chi connectivity index (χ1v) is 8.88. The molecule has 0 unspecified atom stereocenters. The van der Waals surface area contributed by atoms with Gasteiger partial charge in [-0.25, -0.2) is 0 Å². The normalized spacial score (nSPS) is 24.0. The van der Waals surface area contributed by atoms with E-state index in [2.05, 4.69) is 5.10 Å². The first-order valence-electron chi connectivity index (χ1n) is 7.49. The van der Waals surface area contributed by atoms with E-state index in [1.54, 1.807) is 8.61 Å². The second-order valence-electron chi connectivity index (χ2n) is 5.90. The van der Waals surface area contributed by atoms with Crippen molar-refractivity contribution < 1.29 is 8.42 Å². The SMILES string of the molecule is O=S(=O)(N1CCCC1)N1CCn2nc3c(c2C1)CCC3. The van der Waals surface area contributed by atoms with Crippen molar-refractivity contribution in [2.45, 2.75) is 45.2 Å². The van der Waals surface area contributed by atoms with E-state index in [4.69, 9.17) is 0 Å². The molecule has 0 bridgehead atoms. The Labute approximate surface area is 119 Å². The zero-order valence-corrected chi connectivity index (χ0v) is 12.4. The Kier molecular flexibility index (Phi) is 2.90. The van der Waals surface area contributed by atoms with Crippen LogP contribution in [0.2, 0.25) is 0 Å². The minimum Gasteiger partial charge on any atom is -0.266 e. The molecule has 4 rings (SSSR count). The summed E-state index contributed by atoms with van der Waals surface area (Å²) in [7, 11) is -3.27. The summed E-state index contributed by atoms with van der Waals surface area (Å²) in [6.45, 7) is 3.09. The van der Waals surface area contributed by atoms with E-state index >= 15 is 0 Å². The van der Waals surface area contributed by atoms with Gasteiger partial charge in [0.05, 0.1) is 24.5 Å². The molecule has 7 heteroatoms. The van der Waals surface area contributed by atoms with Crippen LogP contribution in [0.3, 0.4) is 0 Å². The van der Waals surface area contributed by atoms with Gasteiger partial charge >= 0.3 is 0 Å². The van der Waals surface area contributed by atoms with Gasteiger partial charge in [0.15, 0.2) is 0 Å². The van der Waals surface area contributed by atoms with Crippen molar-refractivity contribution in [2.75, 3.05) is 19.6 Å². The lowest BCUT2D eigenvalue weighted by Gasteiger charge is -2.31. The van der Waals surface area contributed by atoms with Crippen molar-refractivity contribution in [3.05, 3.63) is 17.0 Å². The van der Waals surface area contributed by atoms with E-state index in [0.717, 1.165) is 37.8 Å². The molecule has 110 valence electrons. The second kappa shape index (κ2) is 4.54. The fourth-order valence-corrected chi connectivity index (χ4v) is 5.25. The minimum absolute atomic E-state index is 0.501. The van der Waals surface area contributed by atoms with Crippen LogP contribution in [0.5, 0.6) is 0 Å². The number of aryl methyl sites for hydroxylation is 1. The number of fused-ring (bicyclic) bond motifs is 3. The predicted molar refractivity (Wildman–Crippen MR) is 74.4 cm³/mol. The molecule has 1 fully saturated rings. The standard InChI is InChI=1S/C13H20N4O2S/c18-20(19,15-6-1-2-7-15)16-8-9-17-13(10-16)11-4-3-5-12(11)14-17/h1-10H2. The van der Waals surface area contributed by atoms with Gasteiger partial charge in [0.25, 0.3) is 10.2 Å². The van der Waals surface area contributed by atoms with Crippen molar-refractivity contribution in [3.63, 3.8) is 0 Å². The number of hydrogen-bond donors (Lipinski definition) is 0. The van der Waals surface area contributed by atoms with Crippen LogP contribution < -0.4 is 0 Å². The molecule has 0 saturated carbocycles. The van der Waals surface area contributed by atoms with Gasteiger partial charge < -0.3 is 0 Å². The van der Waals surface area contributed by atoms with Gasteiger partial charge in [-0.2, -0.15) is 22.1 Å². The quantitative estimate of drug-likeness (QED) is 0.800. The van der Waals surface area contributed by atoms with Crippen molar-refractivity contribution in [3.8, 4) is 0 Å². The molecule has 0 amide bonds. The van der Waals surface area contributed by atoms with E-state index in [0.29, 0.717) is 32.7 Å². The van der Waals surface area contributed by atoms with Crippen LogP contribution in [0.25, 0.3) is 0 Å². The van der Waals surface area contributed by atoms with E-state index in [-0.39, 0.29) is 0 Å². The molecular weight excluding hydrogens is 276 g/mol. The molecule has 1 aliphatic carbocycles. The maximum absolute atomic E-state index is 12.6. The summed E-state index contributed by atoms with van der Waals surface area (Å²) >= 11 is 0. The Bertz CT molecular complexity index is 631. The molecule has 1 aromatic rings. The van der Waals surface area contributed by atoms with Crippen LogP contribution in [0.4, 0.5) is 0 Å². The molecule has 3 heterocycles. The number of hydrogen-bond acceptors (Lipinski definition) is 3. The molecular formula is C13H20N4O2S. The van der Waals surface area contributed by atoms with Crippen LogP contribution in [0.1, 0.15) is 36.2 Å². The van der Waals surface area contributed by atoms with Gasteiger partial charge in [-0.3, -0.25) is 4.68 Å². The largest absolute Gasteiger partial charge is 0.282 e. The highest BCUT2D eigenvalue weighted by Crippen LogP contribution is 2.29. The smallest absolute Gasteiger partial charge is 0.266 e. The highest BCUT2D eigenvalue weighted by atomic mass is 32.2. The zero-order chi connectivity index (χ0) is 13.7. The third kappa shape index (κ3) is 1.83. The molecule has 20 heavy (non-hydrogen) atoms. The Hall–Kier alpha value is -0.920. The lowest BCUT2D eigenvalue weighted by atomic mass is 10.2. The molecule has 3 aliphatic rings. The molecule has 0 atom stereocenters. The summed E-state index contributed by atoms with van der Waals surface area (Å²) in [4.78, 5) is 0. The van der Waals surface area contributed by atoms with Crippen LogP contribution in [-0.4, -0.2) is 46.4 Å². The molecule has 2 aliphatic heterocycles. The molecule has 1 aromatic heterocycles. The minimum atomic E-state index is -3.27. The van der Waals surface area contributed by atoms with Gasteiger partial charge in [0, 0.05) is 19.6 Å². The highest BCUT2D eigenvalue weighted by Gasteiger charge is 2.36. The van der Waals surface area contributed by atoms with Crippen LogP contribution in [0.15, 0.2) is 0 Å².